The molecule has 1 amide bonds. The van der Waals surface area contributed by atoms with Gasteiger partial charge in [0.15, 0.2) is 0 Å². The maximum atomic E-state index is 12.0. The molecule has 1 aliphatic heterocycles. The number of hydrogen-bond acceptors (Lipinski definition) is 4. The van der Waals surface area contributed by atoms with Crippen LogP contribution < -0.4 is 5.32 Å². The van der Waals surface area contributed by atoms with Crippen LogP contribution in [0.15, 0.2) is 18.5 Å². The number of nitrogens with zero attached hydrogens (tertiary/aromatic N) is 2. The Labute approximate surface area is 173 Å². The average Bonchev–Trinajstić information content (AvgIpc) is 2.99. The third-order valence-electron chi connectivity index (χ3n) is 8.87. The Balaban J connectivity index is 1.44. The van der Waals surface area contributed by atoms with Gasteiger partial charge in [-0.1, -0.05) is 26.8 Å². The molecule has 2 saturated carbocycles. The Kier molecular flexibility index (Phi) is 4.48. The Morgan fingerprint density at radius 3 is 2.86 bits per heavy atom. The van der Waals surface area contributed by atoms with Crippen LogP contribution in [0.2, 0.25) is 0 Å². The minimum atomic E-state index is -0.225. The molecule has 156 valence electrons. The topological polar surface area (TPSA) is 64.1 Å². The molecule has 3 fully saturated rings. The van der Waals surface area contributed by atoms with Crippen LogP contribution in [0.4, 0.5) is 4.79 Å². The summed E-state index contributed by atoms with van der Waals surface area (Å²) in [5.74, 6) is 1.99. The zero-order valence-electron chi connectivity index (χ0n) is 17.9. The number of hydrogen-bond donors (Lipinski definition) is 1. The number of ether oxygens (including phenoxy) is 1. The first-order chi connectivity index (χ1) is 14.0. The number of allylic oxidation sites excluding steroid dienone is 2. The summed E-state index contributed by atoms with van der Waals surface area (Å²) in [6, 6.07) is 0. The molecular formula is C24H33N3O2. The van der Waals surface area contributed by atoms with E-state index in [0.29, 0.717) is 17.8 Å². The SMILES string of the molecule is CCc1cncc(C2=CCC3C4CCC5OC(=O)NCCC5(C)C4CCC23C)n1. The number of rotatable bonds is 2. The molecule has 5 nitrogen and oxygen atoms in total. The lowest BCUT2D eigenvalue weighted by Gasteiger charge is -2.57. The summed E-state index contributed by atoms with van der Waals surface area (Å²) in [7, 11) is 0. The van der Waals surface area contributed by atoms with E-state index in [9.17, 15) is 4.79 Å². The first-order valence-corrected chi connectivity index (χ1v) is 11.4. The highest BCUT2D eigenvalue weighted by Crippen LogP contribution is 2.65. The molecule has 1 N–H and O–H groups in total. The van der Waals surface area contributed by atoms with Crippen molar-refractivity contribution in [2.45, 2.75) is 71.8 Å². The van der Waals surface area contributed by atoms with Crippen molar-refractivity contribution in [2.24, 2.45) is 28.6 Å². The highest BCUT2D eigenvalue weighted by molar-refractivity contribution is 5.70. The van der Waals surface area contributed by atoms with Crippen LogP contribution in [-0.4, -0.2) is 28.7 Å². The molecule has 0 radical (unpaired) electrons. The molecule has 0 aromatic carbocycles. The largest absolute Gasteiger partial charge is 0.446 e. The van der Waals surface area contributed by atoms with E-state index < -0.39 is 0 Å². The van der Waals surface area contributed by atoms with Gasteiger partial charge in [-0.15, -0.1) is 0 Å². The summed E-state index contributed by atoms with van der Waals surface area (Å²) in [6.07, 6.45) is 13.8. The monoisotopic (exact) mass is 395 g/mol. The molecule has 6 atom stereocenters. The Morgan fingerprint density at radius 2 is 2.03 bits per heavy atom. The lowest BCUT2D eigenvalue weighted by molar-refractivity contribution is -0.113. The van der Waals surface area contributed by atoms with Gasteiger partial charge in [0.25, 0.3) is 0 Å². The van der Waals surface area contributed by atoms with Crippen LogP contribution in [0.25, 0.3) is 5.57 Å². The first kappa shape index (κ1) is 19.1. The van der Waals surface area contributed by atoms with Gasteiger partial charge in [-0.25, -0.2) is 9.78 Å². The summed E-state index contributed by atoms with van der Waals surface area (Å²) in [5, 5.41) is 2.93. The molecule has 5 heteroatoms. The second-order valence-electron chi connectivity index (χ2n) is 10.1. The van der Waals surface area contributed by atoms with Gasteiger partial charge in [-0.3, -0.25) is 4.98 Å². The lowest BCUT2D eigenvalue weighted by Crippen LogP contribution is -2.54. The zero-order valence-corrected chi connectivity index (χ0v) is 17.9. The van der Waals surface area contributed by atoms with Crippen molar-refractivity contribution >= 4 is 11.7 Å². The predicted molar refractivity (Wildman–Crippen MR) is 112 cm³/mol. The third-order valence-corrected chi connectivity index (χ3v) is 8.87. The van der Waals surface area contributed by atoms with Crippen molar-refractivity contribution in [3.8, 4) is 0 Å². The number of aromatic nitrogens is 2. The minimum Gasteiger partial charge on any atom is -0.446 e. The molecule has 3 aliphatic carbocycles. The quantitative estimate of drug-likeness (QED) is 0.783. The summed E-state index contributed by atoms with van der Waals surface area (Å²) >= 11 is 0. The van der Waals surface area contributed by atoms with Crippen molar-refractivity contribution in [3.05, 3.63) is 29.9 Å². The summed E-state index contributed by atoms with van der Waals surface area (Å²) in [5.41, 5.74) is 3.86. The molecule has 0 bridgehead atoms. The number of amides is 1. The number of fused-ring (bicyclic) bond motifs is 5. The Bertz CT molecular complexity index is 852. The molecule has 29 heavy (non-hydrogen) atoms. The van der Waals surface area contributed by atoms with Gasteiger partial charge in [0, 0.05) is 18.2 Å². The molecule has 6 unspecified atom stereocenters. The standard InChI is InChI=1S/C24H33N3O2/c1-4-15-13-25-14-20(27-15)19-7-6-17-16-5-8-21-24(3,11-12-26-22(28)29-21)18(16)9-10-23(17,19)2/h7,13-14,16-18,21H,4-6,8-12H2,1-3H3,(H,26,28). The van der Waals surface area contributed by atoms with Crippen LogP contribution in [0.3, 0.4) is 0 Å². The van der Waals surface area contributed by atoms with E-state index in [1.54, 1.807) is 0 Å². The molecular weight excluding hydrogens is 362 g/mol. The molecule has 1 aromatic heterocycles. The van der Waals surface area contributed by atoms with Gasteiger partial charge in [-0.2, -0.15) is 0 Å². The van der Waals surface area contributed by atoms with E-state index in [-0.39, 0.29) is 23.0 Å². The van der Waals surface area contributed by atoms with Crippen LogP contribution in [0.5, 0.6) is 0 Å². The van der Waals surface area contributed by atoms with E-state index in [4.69, 9.17) is 9.72 Å². The molecule has 0 spiro atoms. The van der Waals surface area contributed by atoms with Gasteiger partial charge in [-0.05, 0) is 73.7 Å². The smallest absolute Gasteiger partial charge is 0.407 e. The second kappa shape index (κ2) is 6.82. The molecule has 1 saturated heterocycles. The summed E-state index contributed by atoms with van der Waals surface area (Å²) in [6.45, 7) is 7.73. The molecule has 1 aromatic rings. The summed E-state index contributed by atoms with van der Waals surface area (Å²) < 4.78 is 5.84. The van der Waals surface area contributed by atoms with Crippen LogP contribution >= 0.6 is 0 Å². The average molecular weight is 396 g/mol. The number of nitrogens with one attached hydrogen (secondary N) is 1. The van der Waals surface area contributed by atoms with Crippen molar-refractivity contribution < 1.29 is 9.53 Å². The van der Waals surface area contributed by atoms with E-state index >= 15 is 0 Å². The van der Waals surface area contributed by atoms with E-state index in [2.05, 4.69) is 37.1 Å². The predicted octanol–water partition coefficient (Wildman–Crippen LogP) is 4.77. The second-order valence-corrected chi connectivity index (χ2v) is 10.1. The maximum Gasteiger partial charge on any atom is 0.407 e. The zero-order chi connectivity index (χ0) is 20.2. The van der Waals surface area contributed by atoms with Crippen LogP contribution in [0.1, 0.15) is 70.7 Å². The normalized spacial score (nSPS) is 41.2. The van der Waals surface area contributed by atoms with Gasteiger partial charge in [0.05, 0.1) is 17.6 Å². The Morgan fingerprint density at radius 1 is 1.17 bits per heavy atom. The highest BCUT2D eigenvalue weighted by atomic mass is 16.6. The van der Waals surface area contributed by atoms with E-state index in [0.717, 1.165) is 43.6 Å². The fraction of sp³-hybridized carbons (Fsp3) is 0.708. The molecule has 4 aliphatic rings. The van der Waals surface area contributed by atoms with Gasteiger partial charge in [0.2, 0.25) is 0 Å². The van der Waals surface area contributed by atoms with Crippen molar-refractivity contribution in [1.82, 2.24) is 15.3 Å². The fourth-order valence-corrected chi connectivity index (χ4v) is 7.24. The van der Waals surface area contributed by atoms with Gasteiger partial charge >= 0.3 is 6.09 Å². The van der Waals surface area contributed by atoms with E-state index in [1.807, 2.05) is 12.4 Å². The lowest BCUT2D eigenvalue weighted by atomic mass is 9.48. The first-order valence-electron chi connectivity index (χ1n) is 11.4. The van der Waals surface area contributed by atoms with Gasteiger partial charge in [0.1, 0.15) is 6.10 Å². The van der Waals surface area contributed by atoms with Crippen molar-refractivity contribution in [2.75, 3.05) is 6.54 Å². The summed E-state index contributed by atoms with van der Waals surface area (Å²) in [4.78, 5) is 21.4. The fourth-order valence-electron chi connectivity index (χ4n) is 7.24. The molecule has 2 heterocycles. The number of alkyl carbamates (subject to hydrolysis) is 1. The third kappa shape index (κ3) is 2.83. The van der Waals surface area contributed by atoms with Crippen LogP contribution in [0, 0.1) is 28.6 Å². The van der Waals surface area contributed by atoms with Crippen molar-refractivity contribution in [3.63, 3.8) is 0 Å². The Hall–Kier alpha value is -1.91. The number of carbonyl (C=O) groups is 1. The highest BCUT2D eigenvalue weighted by Gasteiger charge is 2.59. The minimum absolute atomic E-state index is 0.0662. The van der Waals surface area contributed by atoms with Gasteiger partial charge < -0.3 is 10.1 Å². The van der Waals surface area contributed by atoms with Crippen LogP contribution in [-0.2, 0) is 11.2 Å². The maximum absolute atomic E-state index is 12.0. The number of aryl methyl sites for hydroxylation is 1. The van der Waals surface area contributed by atoms with Crippen molar-refractivity contribution in [1.29, 1.82) is 0 Å². The van der Waals surface area contributed by atoms with E-state index in [1.165, 1.54) is 24.8 Å². The molecule has 5 rings (SSSR count). The number of carbonyl (C=O) groups excluding carboxylic acids is 1.